The van der Waals surface area contributed by atoms with E-state index in [-0.39, 0.29) is 0 Å². The van der Waals surface area contributed by atoms with E-state index in [2.05, 4.69) is 57.4 Å². The van der Waals surface area contributed by atoms with E-state index in [1.54, 1.807) is 0 Å². The van der Waals surface area contributed by atoms with Crippen LogP contribution in [-0.4, -0.2) is 4.20 Å². The molecule has 0 spiro atoms. The van der Waals surface area contributed by atoms with Gasteiger partial charge in [-0.25, -0.2) is 0 Å². The summed E-state index contributed by atoms with van der Waals surface area (Å²) in [5, 5.41) is 0. The normalized spacial score (nSPS) is 9.14. The number of thiocarbonyl (C=S) groups is 1. The van der Waals surface area contributed by atoms with Crippen LogP contribution in [-0.2, 0) is 0 Å². The van der Waals surface area contributed by atoms with Gasteiger partial charge >= 0.3 is 0 Å². The van der Waals surface area contributed by atoms with Gasteiger partial charge in [0.1, 0.15) is 4.20 Å². The Labute approximate surface area is 96.1 Å². The van der Waals surface area contributed by atoms with Crippen molar-refractivity contribution in [3.63, 3.8) is 0 Å². The molecule has 1 aromatic carbocycles. The van der Waals surface area contributed by atoms with Crippen LogP contribution in [0.3, 0.4) is 0 Å². The van der Waals surface area contributed by atoms with Crippen molar-refractivity contribution in [2.24, 2.45) is 0 Å². The molecule has 0 fully saturated rings. The highest BCUT2D eigenvalue weighted by atomic mass is 32.1. The third kappa shape index (κ3) is 2.87. The Morgan fingerprint density at radius 3 is 2.14 bits per heavy atom. The molecule has 0 radical (unpaired) electrons. The number of aryl methyl sites for hydroxylation is 3. The highest BCUT2D eigenvalue weighted by Crippen LogP contribution is 2.14. The average molecular weight is 220 g/mol. The Balaban J connectivity index is 3.24. The summed E-state index contributed by atoms with van der Waals surface area (Å²) in [7, 11) is 0. The van der Waals surface area contributed by atoms with Gasteiger partial charge in [0.15, 0.2) is 0 Å². The van der Waals surface area contributed by atoms with Crippen LogP contribution < -0.4 is 0 Å². The molecule has 1 rings (SSSR count). The predicted molar refractivity (Wildman–Crippen MR) is 69.1 cm³/mol. The van der Waals surface area contributed by atoms with E-state index in [4.69, 9.17) is 12.2 Å². The van der Waals surface area contributed by atoms with Gasteiger partial charge in [-0.05, 0) is 37.8 Å². The minimum Gasteiger partial charge on any atom is -0.123 e. The Kier molecular flexibility index (Phi) is 3.74. The number of rotatable bonds is 0. The van der Waals surface area contributed by atoms with Crippen LogP contribution >= 0.6 is 24.8 Å². The van der Waals surface area contributed by atoms with E-state index in [1.807, 2.05) is 0 Å². The van der Waals surface area contributed by atoms with Crippen molar-refractivity contribution in [1.82, 2.24) is 0 Å². The number of hydrogen-bond acceptors (Lipinski definition) is 1. The Morgan fingerprint density at radius 1 is 1.21 bits per heavy atom. The minimum atomic E-state index is 0.435. The number of benzene rings is 1. The van der Waals surface area contributed by atoms with Crippen molar-refractivity contribution in [3.8, 4) is 11.8 Å². The van der Waals surface area contributed by atoms with Crippen molar-refractivity contribution in [3.05, 3.63) is 34.4 Å². The zero-order valence-corrected chi connectivity index (χ0v) is 10.2. The molecule has 0 aliphatic carbocycles. The molecular weight excluding hydrogens is 208 g/mol. The highest BCUT2D eigenvalue weighted by molar-refractivity contribution is 8.12. The summed E-state index contributed by atoms with van der Waals surface area (Å²) in [6, 6.07) is 4.25. The van der Waals surface area contributed by atoms with Crippen LogP contribution in [0.15, 0.2) is 12.1 Å². The zero-order valence-electron chi connectivity index (χ0n) is 8.51. The first kappa shape index (κ1) is 11.3. The zero-order chi connectivity index (χ0) is 10.7. The number of hydrogen-bond donors (Lipinski definition) is 1. The molecule has 0 saturated carbocycles. The second kappa shape index (κ2) is 4.63. The maximum absolute atomic E-state index is 4.80. The maximum Gasteiger partial charge on any atom is 0.118 e. The lowest BCUT2D eigenvalue weighted by Gasteiger charge is -2.04. The van der Waals surface area contributed by atoms with Crippen LogP contribution in [0.5, 0.6) is 0 Å². The summed E-state index contributed by atoms with van der Waals surface area (Å²) in [6.45, 7) is 6.21. The van der Waals surface area contributed by atoms with Gasteiger partial charge in [0.05, 0.1) is 0 Å². The Morgan fingerprint density at radius 2 is 1.71 bits per heavy atom. The van der Waals surface area contributed by atoms with Crippen molar-refractivity contribution < 1.29 is 0 Å². The van der Waals surface area contributed by atoms with E-state index < -0.39 is 0 Å². The lowest BCUT2D eigenvalue weighted by molar-refractivity contribution is 1.30. The topological polar surface area (TPSA) is 0 Å². The second-order valence-electron chi connectivity index (χ2n) is 3.33. The molecule has 2 heteroatoms. The monoisotopic (exact) mass is 220 g/mol. The van der Waals surface area contributed by atoms with E-state index in [0.29, 0.717) is 4.20 Å². The van der Waals surface area contributed by atoms with Gasteiger partial charge in [-0.2, -0.15) is 0 Å². The largest absolute Gasteiger partial charge is 0.123 e. The highest BCUT2D eigenvalue weighted by Gasteiger charge is 1.99. The van der Waals surface area contributed by atoms with E-state index in [0.717, 1.165) is 5.56 Å². The van der Waals surface area contributed by atoms with Crippen molar-refractivity contribution in [1.29, 1.82) is 0 Å². The maximum atomic E-state index is 4.80. The summed E-state index contributed by atoms with van der Waals surface area (Å²) in [5.74, 6) is 5.85. The first-order chi connectivity index (χ1) is 6.50. The predicted octanol–water partition coefficient (Wildman–Crippen LogP) is 3.22. The van der Waals surface area contributed by atoms with E-state index >= 15 is 0 Å². The van der Waals surface area contributed by atoms with Gasteiger partial charge in [0.2, 0.25) is 0 Å². The third-order valence-electron chi connectivity index (χ3n) is 1.97. The van der Waals surface area contributed by atoms with Crippen LogP contribution in [0.1, 0.15) is 22.3 Å². The van der Waals surface area contributed by atoms with Gasteiger partial charge in [-0.15, -0.1) is 12.6 Å². The first-order valence-electron chi connectivity index (χ1n) is 4.33. The molecule has 0 nitrogen and oxygen atoms in total. The van der Waals surface area contributed by atoms with Crippen molar-refractivity contribution in [2.75, 3.05) is 0 Å². The smallest absolute Gasteiger partial charge is 0.118 e. The summed E-state index contributed by atoms with van der Waals surface area (Å²) >= 11 is 8.77. The van der Waals surface area contributed by atoms with Gasteiger partial charge in [0, 0.05) is 5.56 Å². The molecule has 0 atom stereocenters. The second-order valence-corrected chi connectivity index (χ2v) is 4.49. The van der Waals surface area contributed by atoms with Crippen LogP contribution in [0.2, 0.25) is 0 Å². The van der Waals surface area contributed by atoms with Gasteiger partial charge in [-0.3, -0.25) is 0 Å². The fraction of sp³-hybridized carbons (Fsp3) is 0.250. The molecule has 0 amide bonds. The SMILES string of the molecule is Cc1cc(C)c(C#CC(=S)S)c(C)c1. The third-order valence-corrected chi connectivity index (χ3v) is 2.19. The van der Waals surface area contributed by atoms with Crippen LogP contribution in [0.4, 0.5) is 0 Å². The van der Waals surface area contributed by atoms with Crippen LogP contribution in [0.25, 0.3) is 0 Å². The fourth-order valence-corrected chi connectivity index (χ4v) is 1.60. The first-order valence-corrected chi connectivity index (χ1v) is 5.19. The average Bonchev–Trinajstić information content (AvgIpc) is 2.01. The van der Waals surface area contributed by atoms with Crippen LogP contribution in [0, 0.1) is 32.6 Å². The molecule has 0 aromatic heterocycles. The lowest BCUT2D eigenvalue weighted by atomic mass is 10.0. The minimum absolute atomic E-state index is 0.435. The molecule has 14 heavy (non-hydrogen) atoms. The molecule has 0 aliphatic rings. The molecule has 0 unspecified atom stereocenters. The molecule has 0 bridgehead atoms. The summed E-state index contributed by atoms with van der Waals surface area (Å²) < 4.78 is 0.435. The van der Waals surface area contributed by atoms with Gasteiger partial charge in [0.25, 0.3) is 0 Å². The number of thiol groups is 1. The molecule has 0 aliphatic heterocycles. The summed E-state index contributed by atoms with van der Waals surface area (Å²) in [5.41, 5.74) is 4.71. The van der Waals surface area contributed by atoms with Gasteiger partial charge < -0.3 is 0 Å². The van der Waals surface area contributed by atoms with Gasteiger partial charge in [-0.1, -0.05) is 35.8 Å². The van der Waals surface area contributed by atoms with Crippen molar-refractivity contribution >= 4 is 29.0 Å². The molecular formula is C12H12S2. The molecule has 0 saturated heterocycles. The molecule has 0 heterocycles. The molecule has 0 N–H and O–H groups in total. The summed E-state index contributed by atoms with van der Waals surface area (Å²) in [4.78, 5) is 0. The Bertz CT molecular complexity index is 410. The summed E-state index contributed by atoms with van der Waals surface area (Å²) in [6.07, 6.45) is 0. The van der Waals surface area contributed by atoms with Crippen molar-refractivity contribution in [2.45, 2.75) is 20.8 Å². The Hall–Kier alpha value is -0.780. The molecule has 1 aromatic rings. The molecule has 72 valence electrons. The lowest BCUT2D eigenvalue weighted by Crippen LogP contribution is -1.90. The van der Waals surface area contributed by atoms with E-state index in [9.17, 15) is 0 Å². The standard InChI is InChI=1S/C12H12S2/c1-8-6-9(2)11(10(3)7-8)4-5-12(13)14/h6-7H,1-3H3,(H,13,14). The fourth-order valence-electron chi connectivity index (χ4n) is 1.49. The quantitative estimate of drug-likeness (QED) is 0.398. The van der Waals surface area contributed by atoms with E-state index in [1.165, 1.54) is 16.7 Å².